The van der Waals surface area contributed by atoms with E-state index in [0.717, 1.165) is 11.1 Å². The Hall–Kier alpha value is -4.64. The van der Waals surface area contributed by atoms with Gasteiger partial charge in [-0.05, 0) is 50.1 Å². The topological polar surface area (TPSA) is 118 Å². The number of esters is 2. The number of thiazole rings is 1. The molecule has 1 unspecified atom stereocenters. The molecule has 5 rings (SSSR count). The number of benzene rings is 2. The molecule has 0 spiro atoms. The van der Waals surface area contributed by atoms with Gasteiger partial charge in [0.1, 0.15) is 0 Å². The van der Waals surface area contributed by atoms with Crippen molar-refractivity contribution < 1.29 is 19.1 Å². The van der Waals surface area contributed by atoms with Crippen LogP contribution >= 0.6 is 11.3 Å². The zero-order valence-corrected chi connectivity index (χ0v) is 22.3. The molecule has 0 saturated heterocycles. The summed E-state index contributed by atoms with van der Waals surface area (Å²) in [5.74, 6) is -1.03. The fraction of sp³-hybridized carbons (Fsp3) is 0.214. The lowest BCUT2D eigenvalue weighted by atomic mass is 9.96. The van der Waals surface area contributed by atoms with Crippen molar-refractivity contribution in [3.05, 3.63) is 109 Å². The van der Waals surface area contributed by atoms with Crippen molar-refractivity contribution in [2.75, 3.05) is 13.2 Å². The molecule has 39 heavy (non-hydrogen) atoms. The predicted molar refractivity (Wildman–Crippen MR) is 144 cm³/mol. The largest absolute Gasteiger partial charge is 0.463 e. The van der Waals surface area contributed by atoms with E-state index in [4.69, 9.17) is 9.47 Å². The van der Waals surface area contributed by atoms with E-state index < -0.39 is 18.0 Å². The maximum Gasteiger partial charge on any atom is 0.360 e. The van der Waals surface area contributed by atoms with Crippen LogP contribution in [0.25, 0.3) is 11.8 Å². The number of nitrogens with zero attached hydrogens (tertiary/aromatic N) is 5. The highest BCUT2D eigenvalue weighted by atomic mass is 32.1. The fourth-order valence-corrected chi connectivity index (χ4v) is 5.35. The first-order valence-corrected chi connectivity index (χ1v) is 13.2. The molecule has 0 saturated carbocycles. The maximum absolute atomic E-state index is 13.7. The van der Waals surface area contributed by atoms with Crippen LogP contribution < -0.4 is 14.9 Å². The monoisotopic (exact) mass is 543 g/mol. The van der Waals surface area contributed by atoms with Crippen LogP contribution in [0.15, 0.2) is 81.9 Å². The van der Waals surface area contributed by atoms with E-state index in [9.17, 15) is 14.4 Å². The number of fused-ring (bicyclic) bond motifs is 1. The SMILES string of the molecule is CCOC(=O)C1=C(C)N=c2s/c(=C\c3ccc(-n4cc(C(=O)OCC)nn4)cc3)c(=O)n2C1c1ccccc1. The van der Waals surface area contributed by atoms with Crippen LogP contribution in [-0.2, 0) is 14.3 Å². The molecule has 0 bridgehead atoms. The Labute approximate surface area is 227 Å². The van der Waals surface area contributed by atoms with Gasteiger partial charge >= 0.3 is 11.9 Å². The second-order valence-corrected chi connectivity index (χ2v) is 9.58. The highest BCUT2D eigenvalue weighted by Gasteiger charge is 2.33. The molecule has 198 valence electrons. The fourth-order valence-electron chi connectivity index (χ4n) is 4.31. The van der Waals surface area contributed by atoms with Gasteiger partial charge in [0.05, 0.1) is 46.9 Å². The van der Waals surface area contributed by atoms with Crippen LogP contribution in [0.3, 0.4) is 0 Å². The van der Waals surface area contributed by atoms with Crippen molar-refractivity contribution >= 4 is 29.4 Å². The van der Waals surface area contributed by atoms with E-state index >= 15 is 0 Å². The Balaban J connectivity index is 1.53. The quantitative estimate of drug-likeness (QED) is 0.329. The smallest absolute Gasteiger partial charge is 0.360 e. The Morgan fingerprint density at radius 1 is 1.00 bits per heavy atom. The van der Waals surface area contributed by atoms with Crippen LogP contribution in [0, 0.1) is 0 Å². The van der Waals surface area contributed by atoms with Crippen molar-refractivity contribution in [2.24, 2.45) is 4.99 Å². The molecule has 11 heteroatoms. The highest BCUT2D eigenvalue weighted by Crippen LogP contribution is 2.30. The third kappa shape index (κ3) is 5.08. The van der Waals surface area contributed by atoms with Crippen molar-refractivity contribution in [3.63, 3.8) is 0 Å². The summed E-state index contributed by atoms with van der Waals surface area (Å²) in [5.41, 5.74) is 3.01. The second kappa shape index (κ2) is 11.0. The molecule has 0 aliphatic carbocycles. The summed E-state index contributed by atoms with van der Waals surface area (Å²) in [6, 6.07) is 16.0. The molecule has 2 aromatic carbocycles. The molecule has 3 heterocycles. The Bertz CT molecular complexity index is 1750. The molecule has 0 fully saturated rings. The number of aromatic nitrogens is 4. The zero-order valence-electron chi connectivity index (χ0n) is 21.5. The van der Waals surface area contributed by atoms with Gasteiger partial charge in [-0.25, -0.2) is 19.3 Å². The predicted octanol–water partition coefficient (Wildman–Crippen LogP) is 2.56. The molecule has 0 amide bonds. The zero-order chi connectivity index (χ0) is 27.5. The molecule has 1 aliphatic heterocycles. The summed E-state index contributed by atoms with van der Waals surface area (Å²) >= 11 is 1.26. The summed E-state index contributed by atoms with van der Waals surface area (Å²) in [5, 5.41) is 7.85. The molecule has 0 N–H and O–H groups in total. The standard InChI is InChI=1S/C28H25N5O5S/c1-4-37-26(35)21-16-32(31-30-21)20-13-11-18(12-14-20)15-22-25(34)33-24(19-9-7-6-8-10-19)23(27(36)38-5-2)17(3)29-28(33)39-22/h6-16,24H,4-5H2,1-3H3/b22-15-. The van der Waals surface area contributed by atoms with Gasteiger partial charge in [0.15, 0.2) is 10.5 Å². The van der Waals surface area contributed by atoms with E-state index in [1.165, 1.54) is 22.2 Å². The van der Waals surface area contributed by atoms with Gasteiger partial charge < -0.3 is 9.47 Å². The van der Waals surface area contributed by atoms with Gasteiger partial charge in [0, 0.05) is 0 Å². The van der Waals surface area contributed by atoms with Crippen LogP contribution in [0.1, 0.15) is 48.4 Å². The Kier molecular flexibility index (Phi) is 7.33. The van der Waals surface area contributed by atoms with E-state index in [0.29, 0.717) is 26.3 Å². The normalized spacial score (nSPS) is 15.1. The van der Waals surface area contributed by atoms with Crippen LogP contribution in [-0.4, -0.2) is 44.7 Å². The van der Waals surface area contributed by atoms with Crippen molar-refractivity contribution in [1.29, 1.82) is 0 Å². The van der Waals surface area contributed by atoms with Gasteiger partial charge in [0.25, 0.3) is 5.56 Å². The van der Waals surface area contributed by atoms with Gasteiger partial charge in [0.2, 0.25) is 0 Å². The highest BCUT2D eigenvalue weighted by molar-refractivity contribution is 7.07. The van der Waals surface area contributed by atoms with Gasteiger partial charge in [-0.2, -0.15) is 0 Å². The van der Waals surface area contributed by atoms with Gasteiger partial charge in [-0.3, -0.25) is 9.36 Å². The average Bonchev–Trinajstić information content (AvgIpc) is 3.54. The molecule has 1 atom stereocenters. The maximum atomic E-state index is 13.7. The number of allylic oxidation sites excluding steroid dienone is 1. The number of carbonyl (C=O) groups excluding carboxylic acids is 2. The van der Waals surface area contributed by atoms with E-state index in [1.807, 2.05) is 54.6 Å². The molecule has 10 nitrogen and oxygen atoms in total. The third-order valence-corrected chi connectivity index (χ3v) is 7.05. The third-order valence-electron chi connectivity index (χ3n) is 6.07. The number of rotatable bonds is 7. The van der Waals surface area contributed by atoms with E-state index in [1.54, 1.807) is 31.4 Å². The van der Waals surface area contributed by atoms with Crippen LogP contribution in [0.4, 0.5) is 0 Å². The summed E-state index contributed by atoms with van der Waals surface area (Å²) < 4.78 is 13.8. The average molecular weight is 544 g/mol. The summed E-state index contributed by atoms with van der Waals surface area (Å²) in [6.45, 7) is 5.70. The lowest BCUT2D eigenvalue weighted by molar-refractivity contribution is -0.139. The first-order chi connectivity index (χ1) is 18.9. The minimum Gasteiger partial charge on any atom is -0.463 e. The van der Waals surface area contributed by atoms with Crippen molar-refractivity contribution in [3.8, 4) is 5.69 Å². The molecule has 1 aliphatic rings. The van der Waals surface area contributed by atoms with Crippen LogP contribution in [0.5, 0.6) is 0 Å². The van der Waals surface area contributed by atoms with E-state index in [-0.39, 0.29) is 24.5 Å². The molecular formula is C28H25N5O5S. The second-order valence-electron chi connectivity index (χ2n) is 8.57. The first kappa shape index (κ1) is 26.0. The minimum absolute atomic E-state index is 0.118. The Morgan fingerprint density at radius 2 is 1.69 bits per heavy atom. The number of hydrogen-bond acceptors (Lipinski definition) is 9. The summed E-state index contributed by atoms with van der Waals surface area (Å²) in [4.78, 5) is 43.6. The number of ether oxygens (including phenoxy) is 2. The van der Waals surface area contributed by atoms with Crippen molar-refractivity contribution in [2.45, 2.75) is 26.8 Å². The number of hydrogen-bond donors (Lipinski definition) is 0. The molecule has 2 aromatic heterocycles. The first-order valence-electron chi connectivity index (χ1n) is 12.4. The molecule has 4 aromatic rings. The Morgan fingerprint density at radius 3 is 2.38 bits per heavy atom. The van der Waals surface area contributed by atoms with Gasteiger partial charge in [-0.1, -0.05) is 59.0 Å². The molecule has 0 radical (unpaired) electrons. The minimum atomic E-state index is -0.646. The molecular weight excluding hydrogens is 518 g/mol. The van der Waals surface area contributed by atoms with Crippen LogP contribution in [0.2, 0.25) is 0 Å². The number of carbonyl (C=O) groups is 2. The lowest BCUT2D eigenvalue weighted by Crippen LogP contribution is -2.39. The summed E-state index contributed by atoms with van der Waals surface area (Å²) in [7, 11) is 0. The van der Waals surface area contributed by atoms with E-state index in [2.05, 4.69) is 15.3 Å². The van der Waals surface area contributed by atoms with Gasteiger partial charge in [-0.15, -0.1) is 5.10 Å². The van der Waals surface area contributed by atoms with Crippen molar-refractivity contribution in [1.82, 2.24) is 19.6 Å². The summed E-state index contributed by atoms with van der Waals surface area (Å²) in [6.07, 6.45) is 3.28. The lowest BCUT2D eigenvalue weighted by Gasteiger charge is -2.24.